The van der Waals surface area contributed by atoms with Crippen LogP contribution in [0.1, 0.15) is 20.3 Å². The van der Waals surface area contributed by atoms with Crippen molar-refractivity contribution in [2.24, 2.45) is 0 Å². The van der Waals surface area contributed by atoms with Crippen LogP contribution in [0, 0.1) is 0 Å². The molecule has 72 valence electrons. The van der Waals surface area contributed by atoms with Crippen molar-refractivity contribution in [1.82, 2.24) is 5.32 Å². The zero-order valence-electron chi connectivity index (χ0n) is 7.10. The number of carboxylic acids is 1. The molecule has 3 nitrogen and oxygen atoms in total. The number of rotatable bonds is 1. The quantitative estimate of drug-likeness (QED) is 0.636. The number of aliphatic carboxylic acids is 1. The first kappa shape index (κ1) is 11.3. The van der Waals surface area contributed by atoms with Gasteiger partial charge in [-0.15, -0.1) is 0 Å². The Kier molecular flexibility index (Phi) is 4.09. The minimum Gasteiger partial charge on any atom is -0.480 e. The number of hydrogen-bond acceptors (Lipinski definition) is 2. The number of carbonyl (C=O) groups is 1. The van der Waals surface area contributed by atoms with Crippen LogP contribution in [-0.2, 0) is 4.79 Å². The van der Waals surface area contributed by atoms with Gasteiger partial charge in [-0.05, 0) is 0 Å². The molecule has 1 aliphatic rings. The maximum absolute atomic E-state index is 12.2. The molecule has 12 heavy (non-hydrogen) atoms. The SMILES string of the molecule is CC.O=C(O)C1CC(F)(F)CN1. The van der Waals surface area contributed by atoms with Crippen molar-refractivity contribution >= 4 is 5.97 Å². The van der Waals surface area contributed by atoms with Gasteiger partial charge in [0.25, 0.3) is 5.92 Å². The Hall–Kier alpha value is -0.710. The van der Waals surface area contributed by atoms with Gasteiger partial charge in [0.1, 0.15) is 6.04 Å². The summed E-state index contributed by atoms with van der Waals surface area (Å²) in [6.45, 7) is 3.48. The van der Waals surface area contributed by atoms with Gasteiger partial charge in [-0.1, -0.05) is 13.8 Å². The minimum absolute atomic E-state index is 0.524. The zero-order chi connectivity index (χ0) is 9.78. The lowest BCUT2D eigenvalue weighted by molar-refractivity contribution is -0.139. The predicted molar refractivity (Wildman–Crippen MR) is 40.3 cm³/mol. The Morgan fingerprint density at radius 3 is 2.25 bits per heavy atom. The maximum atomic E-state index is 12.2. The van der Waals surface area contributed by atoms with Gasteiger partial charge < -0.3 is 5.11 Å². The van der Waals surface area contributed by atoms with Gasteiger partial charge in [0, 0.05) is 6.42 Å². The van der Waals surface area contributed by atoms with Crippen molar-refractivity contribution in [2.45, 2.75) is 32.2 Å². The fourth-order valence-corrected chi connectivity index (χ4v) is 0.890. The lowest BCUT2D eigenvalue weighted by atomic mass is 10.2. The molecule has 0 saturated carbocycles. The largest absolute Gasteiger partial charge is 0.480 e. The summed E-state index contributed by atoms with van der Waals surface area (Å²) < 4.78 is 24.5. The number of halogens is 2. The molecule has 2 N–H and O–H groups in total. The second-order valence-electron chi connectivity index (χ2n) is 2.33. The molecule has 0 aromatic heterocycles. The van der Waals surface area contributed by atoms with Crippen LogP contribution < -0.4 is 5.32 Å². The van der Waals surface area contributed by atoms with E-state index in [1.54, 1.807) is 0 Å². The smallest absolute Gasteiger partial charge is 0.320 e. The highest BCUT2D eigenvalue weighted by atomic mass is 19.3. The highest BCUT2D eigenvalue weighted by Crippen LogP contribution is 2.24. The highest BCUT2D eigenvalue weighted by molar-refractivity contribution is 5.74. The molecule has 0 spiro atoms. The van der Waals surface area contributed by atoms with E-state index >= 15 is 0 Å². The van der Waals surface area contributed by atoms with Crippen molar-refractivity contribution in [3.8, 4) is 0 Å². The van der Waals surface area contributed by atoms with Gasteiger partial charge in [0.2, 0.25) is 0 Å². The lowest BCUT2D eigenvalue weighted by Gasteiger charge is -2.03. The van der Waals surface area contributed by atoms with E-state index in [1.807, 2.05) is 13.8 Å². The molecule has 1 fully saturated rings. The predicted octanol–water partition coefficient (Wildman–Crippen LogP) is 1.09. The van der Waals surface area contributed by atoms with Crippen LogP contribution >= 0.6 is 0 Å². The molecule has 1 unspecified atom stereocenters. The lowest BCUT2D eigenvalue weighted by Crippen LogP contribution is -2.30. The van der Waals surface area contributed by atoms with Crippen molar-refractivity contribution in [1.29, 1.82) is 0 Å². The molecule has 0 bridgehead atoms. The Bertz CT molecular complexity index is 161. The monoisotopic (exact) mass is 181 g/mol. The third kappa shape index (κ3) is 3.13. The molecule has 0 aliphatic carbocycles. The van der Waals surface area contributed by atoms with Crippen LogP contribution in [0.25, 0.3) is 0 Å². The summed E-state index contributed by atoms with van der Waals surface area (Å²) in [6, 6.07) is -1.07. The molecular formula is C7H13F2NO2. The fraction of sp³-hybridized carbons (Fsp3) is 0.857. The molecule has 5 heteroatoms. The molecular weight excluding hydrogens is 168 g/mol. The van der Waals surface area contributed by atoms with E-state index in [1.165, 1.54) is 0 Å². The zero-order valence-corrected chi connectivity index (χ0v) is 7.10. The summed E-state index contributed by atoms with van der Waals surface area (Å²) >= 11 is 0. The van der Waals surface area contributed by atoms with E-state index < -0.39 is 30.9 Å². The molecule has 0 amide bonds. The van der Waals surface area contributed by atoms with E-state index in [0.29, 0.717) is 0 Å². The van der Waals surface area contributed by atoms with Gasteiger partial charge in [-0.3, -0.25) is 10.1 Å². The summed E-state index contributed by atoms with van der Waals surface area (Å²) in [6.07, 6.45) is -0.595. The second kappa shape index (κ2) is 4.35. The third-order valence-electron chi connectivity index (χ3n) is 1.41. The van der Waals surface area contributed by atoms with Gasteiger partial charge >= 0.3 is 5.97 Å². The molecule has 1 aliphatic heterocycles. The van der Waals surface area contributed by atoms with Crippen LogP contribution in [-0.4, -0.2) is 29.6 Å². The highest BCUT2D eigenvalue weighted by Gasteiger charge is 2.42. The van der Waals surface area contributed by atoms with E-state index in [0.717, 1.165) is 0 Å². The minimum atomic E-state index is -2.84. The van der Waals surface area contributed by atoms with E-state index in [-0.39, 0.29) is 0 Å². The second-order valence-corrected chi connectivity index (χ2v) is 2.33. The summed E-state index contributed by atoms with van der Waals surface area (Å²) in [4.78, 5) is 10.1. The number of nitrogens with one attached hydrogen (secondary N) is 1. The summed E-state index contributed by atoms with van der Waals surface area (Å²) in [5, 5.41) is 10.4. The van der Waals surface area contributed by atoms with Gasteiger partial charge in [-0.25, -0.2) is 8.78 Å². The van der Waals surface area contributed by atoms with Crippen molar-refractivity contribution < 1.29 is 18.7 Å². The summed E-state index contributed by atoms with van der Waals surface area (Å²) in [5.41, 5.74) is 0. The number of hydrogen-bond donors (Lipinski definition) is 2. The van der Waals surface area contributed by atoms with Crippen LogP contribution in [0.2, 0.25) is 0 Å². The van der Waals surface area contributed by atoms with Crippen LogP contribution in [0.15, 0.2) is 0 Å². The molecule has 0 aromatic rings. The fourth-order valence-electron chi connectivity index (χ4n) is 0.890. The van der Waals surface area contributed by atoms with Crippen molar-refractivity contribution in [2.75, 3.05) is 6.54 Å². The van der Waals surface area contributed by atoms with E-state index in [2.05, 4.69) is 5.32 Å². The van der Waals surface area contributed by atoms with Crippen LogP contribution in [0.5, 0.6) is 0 Å². The first-order valence-corrected chi connectivity index (χ1v) is 3.85. The Balaban J connectivity index is 0.000000561. The third-order valence-corrected chi connectivity index (χ3v) is 1.41. The standard InChI is InChI=1S/C5H7F2NO2.C2H6/c6-5(7)1-3(4(9)10)8-2-5;1-2/h3,8H,1-2H2,(H,9,10);1-2H3. The van der Waals surface area contributed by atoms with Crippen molar-refractivity contribution in [3.63, 3.8) is 0 Å². The average molecular weight is 181 g/mol. The molecule has 1 rings (SSSR count). The number of alkyl halides is 2. The topological polar surface area (TPSA) is 49.3 Å². The summed E-state index contributed by atoms with van der Waals surface area (Å²) in [5.74, 6) is -4.06. The Morgan fingerprint density at radius 1 is 1.58 bits per heavy atom. The molecule has 0 aromatic carbocycles. The van der Waals surface area contributed by atoms with Crippen LogP contribution in [0.4, 0.5) is 8.78 Å². The van der Waals surface area contributed by atoms with Crippen molar-refractivity contribution in [3.05, 3.63) is 0 Å². The molecule has 1 heterocycles. The first-order valence-electron chi connectivity index (χ1n) is 3.85. The Morgan fingerprint density at radius 2 is 2.08 bits per heavy atom. The average Bonchev–Trinajstić information content (AvgIpc) is 2.35. The molecule has 0 radical (unpaired) electrons. The Labute approximate surface area is 69.8 Å². The van der Waals surface area contributed by atoms with Gasteiger partial charge in [0.05, 0.1) is 6.54 Å². The maximum Gasteiger partial charge on any atom is 0.320 e. The van der Waals surface area contributed by atoms with E-state index in [4.69, 9.17) is 5.11 Å². The first-order chi connectivity index (χ1) is 5.51. The van der Waals surface area contributed by atoms with Gasteiger partial charge in [0.15, 0.2) is 0 Å². The number of carboxylic acid groups (broad SMARTS) is 1. The molecule has 1 saturated heterocycles. The normalized spacial score (nSPS) is 25.8. The van der Waals surface area contributed by atoms with Gasteiger partial charge in [-0.2, -0.15) is 0 Å². The van der Waals surface area contributed by atoms with E-state index in [9.17, 15) is 13.6 Å². The molecule has 1 atom stereocenters. The summed E-state index contributed by atoms with van der Waals surface area (Å²) in [7, 11) is 0. The van der Waals surface area contributed by atoms with Crippen LogP contribution in [0.3, 0.4) is 0 Å².